The van der Waals surface area contributed by atoms with Crippen molar-refractivity contribution in [2.24, 2.45) is 0 Å². The topological polar surface area (TPSA) is 92.5 Å². The van der Waals surface area contributed by atoms with Crippen LogP contribution in [0.3, 0.4) is 0 Å². The average Bonchev–Trinajstić information content (AvgIpc) is 3.53. The fourth-order valence-electron chi connectivity index (χ4n) is 6.22. The Morgan fingerprint density at radius 2 is 1.57 bits per heavy atom. The van der Waals surface area contributed by atoms with Gasteiger partial charge in [-0.25, -0.2) is 0 Å². The first-order valence-electron chi connectivity index (χ1n) is 14.0. The summed E-state index contributed by atoms with van der Waals surface area (Å²) >= 11 is 0. The number of hydrogen-bond acceptors (Lipinski definition) is 6. The molecule has 3 aromatic rings. The first-order valence-corrected chi connectivity index (χ1v) is 14.0. The summed E-state index contributed by atoms with van der Waals surface area (Å²) in [7, 11) is 0. The summed E-state index contributed by atoms with van der Waals surface area (Å²) in [4.78, 5) is 46.3. The van der Waals surface area contributed by atoms with Gasteiger partial charge in [-0.2, -0.15) is 0 Å². The van der Waals surface area contributed by atoms with Crippen molar-refractivity contribution in [3.05, 3.63) is 82.8 Å². The summed E-state index contributed by atoms with van der Waals surface area (Å²) < 4.78 is 17.1. The van der Waals surface area contributed by atoms with E-state index in [0.29, 0.717) is 75.2 Å². The number of rotatable bonds is 6. The van der Waals surface area contributed by atoms with Gasteiger partial charge in [0.2, 0.25) is 5.91 Å². The Balaban J connectivity index is 1.35. The smallest absolute Gasteiger partial charge is 0.289 e. The molecular formula is C31H33N3O6. The molecule has 0 aliphatic carbocycles. The number of hydrogen-bond donors (Lipinski definition) is 0. The summed E-state index contributed by atoms with van der Waals surface area (Å²) in [5, 5.41) is 0. The average molecular weight is 544 g/mol. The highest BCUT2D eigenvalue weighted by atomic mass is 16.5. The third-order valence-electron chi connectivity index (χ3n) is 8.06. The minimum Gasteiger partial charge on any atom is -0.490 e. The van der Waals surface area contributed by atoms with E-state index in [9.17, 15) is 14.4 Å². The number of ether oxygens (including phenoxy) is 2. The van der Waals surface area contributed by atoms with Crippen LogP contribution in [0.15, 0.2) is 59.2 Å². The molecule has 4 heterocycles. The molecule has 3 aliphatic rings. The molecule has 9 heteroatoms. The van der Waals surface area contributed by atoms with Gasteiger partial charge in [0.25, 0.3) is 11.8 Å². The Hall–Kier alpha value is -4.27. The molecule has 2 aromatic carbocycles. The number of carbonyl (C=O) groups is 3. The highest BCUT2D eigenvalue weighted by molar-refractivity contribution is 6.01. The Bertz CT molecular complexity index is 1430. The number of carbonyl (C=O) groups excluding carboxylic acids is 3. The Kier molecular flexibility index (Phi) is 6.96. The van der Waals surface area contributed by atoms with Crippen LogP contribution >= 0.6 is 0 Å². The van der Waals surface area contributed by atoms with Gasteiger partial charge in [0, 0.05) is 38.3 Å². The van der Waals surface area contributed by atoms with Crippen molar-refractivity contribution in [2.45, 2.75) is 32.2 Å². The highest BCUT2D eigenvalue weighted by Gasteiger charge is 2.48. The van der Waals surface area contributed by atoms with E-state index in [0.717, 1.165) is 16.7 Å². The molecule has 1 fully saturated rings. The number of benzene rings is 2. The molecule has 2 unspecified atom stereocenters. The second kappa shape index (κ2) is 10.7. The second-order valence-corrected chi connectivity index (χ2v) is 10.2. The number of nitrogens with zero attached hydrogens (tertiary/aromatic N) is 3. The lowest BCUT2D eigenvalue weighted by Crippen LogP contribution is -2.55. The van der Waals surface area contributed by atoms with Crippen LogP contribution < -0.4 is 9.47 Å². The Labute approximate surface area is 233 Å². The SMILES string of the molecule is CCOc1cc2c(cc1OCC)C1C(C(=O)N3CCN(C(=O)c4ccco4)CC3)c3ccccc3C(=O)N1CC2. The quantitative estimate of drug-likeness (QED) is 0.468. The zero-order valence-corrected chi connectivity index (χ0v) is 22.8. The van der Waals surface area contributed by atoms with Crippen molar-refractivity contribution >= 4 is 17.7 Å². The van der Waals surface area contributed by atoms with Gasteiger partial charge in [-0.3, -0.25) is 14.4 Å². The standard InChI is InChI=1S/C31H33N3O6/c1-3-38-25-18-20-11-12-34-28(23(20)19-26(25)39-4-2)27(21-8-5-6-9-22(21)29(34)35)31(37)33-15-13-32(14-16-33)30(36)24-10-7-17-40-24/h5-10,17-19,27-28H,3-4,11-16H2,1-2H3. The van der Waals surface area contributed by atoms with Gasteiger partial charge >= 0.3 is 0 Å². The largest absolute Gasteiger partial charge is 0.490 e. The van der Waals surface area contributed by atoms with Crippen molar-refractivity contribution < 1.29 is 28.3 Å². The third kappa shape index (κ3) is 4.39. The van der Waals surface area contributed by atoms with Crippen LogP contribution in [0.25, 0.3) is 0 Å². The maximum Gasteiger partial charge on any atom is 0.289 e. The molecule has 3 aliphatic heterocycles. The van der Waals surface area contributed by atoms with Crippen LogP contribution in [-0.2, 0) is 11.2 Å². The molecule has 208 valence electrons. The maximum absolute atomic E-state index is 14.4. The molecule has 0 saturated carbocycles. The first kappa shape index (κ1) is 26.0. The maximum atomic E-state index is 14.4. The number of piperazine rings is 1. The molecule has 1 aromatic heterocycles. The van der Waals surface area contributed by atoms with Crippen molar-refractivity contribution in [1.29, 1.82) is 0 Å². The predicted octanol–water partition coefficient (Wildman–Crippen LogP) is 3.90. The lowest BCUT2D eigenvalue weighted by atomic mass is 9.75. The summed E-state index contributed by atoms with van der Waals surface area (Å²) in [6.45, 7) is 6.99. The van der Waals surface area contributed by atoms with E-state index in [1.54, 1.807) is 17.0 Å². The summed E-state index contributed by atoms with van der Waals surface area (Å²) in [5.41, 5.74) is 3.30. The Morgan fingerprint density at radius 1 is 0.875 bits per heavy atom. The second-order valence-electron chi connectivity index (χ2n) is 10.2. The van der Waals surface area contributed by atoms with Crippen LogP contribution in [-0.4, -0.2) is 78.4 Å². The van der Waals surface area contributed by atoms with E-state index in [2.05, 4.69) is 0 Å². The zero-order valence-electron chi connectivity index (χ0n) is 22.8. The minimum atomic E-state index is -0.576. The van der Waals surface area contributed by atoms with Gasteiger partial charge in [0.1, 0.15) is 0 Å². The number of furan rings is 1. The van der Waals surface area contributed by atoms with E-state index < -0.39 is 12.0 Å². The monoisotopic (exact) mass is 543 g/mol. The summed E-state index contributed by atoms with van der Waals surface area (Å²) in [5.74, 6) is 0.743. The van der Waals surface area contributed by atoms with Crippen LogP contribution in [0.2, 0.25) is 0 Å². The number of amides is 3. The molecule has 0 spiro atoms. The highest BCUT2D eigenvalue weighted by Crippen LogP contribution is 2.49. The van der Waals surface area contributed by atoms with Crippen molar-refractivity contribution in [3.63, 3.8) is 0 Å². The van der Waals surface area contributed by atoms with Crippen molar-refractivity contribution in [3.8, 4) is 11.5 Å². The molecule has 6 rings (SSSR count). The van der Waals surface area contributed by atoms with Gasteiger partial charge in [-0.15, -0.1) is 0 Å². The zero-order chi connectivity index (χ0) is 27.8. The van der Waals surface area contributed by atoms with Gasteiger partial charge in [0.15, 0.2) is 17.3 Å². The van der Waals surface area contributed by atoms with E-state index in [1.807, 2.05) is 60.0 Å². The van der Waals surface area contributed by atoms with E-state index in [1.165, 1.54) is 6.26 Å². The molecule has 0 N–H and O–H groups in total. The van der Waals surface area contributed by atoms with Gasteiger partial charge < -0.3 is 28.6 Å². The summed E-state index contributed by atoms with van der Waals surface area (Å²) in [6.07, 6.45) is 2.15. The molecule has 9 nitrogen and oxygen atoms in total. The molecule has 0 bridgehead atoms. The van der Waals surface area contributed by atoms with Crippen LogP contribution in [0.1, 0.15) is 63.4 Å². The lowest BCUT2D eigenvalue weighted by molar-refractivity contribution is -0.136. The predicted molar refractivity (Wildman–Crippen MR) is 147 cm³/mol. The van der Waals surface area contributed by atoms with E-state index >= 15 is 0 Å². The van der Waals surface area contributed by atoms with Gasteiger partial charge in [-0.1, -0.05) is 18.2 Å². The minimum absolute atomic E-state index is 0.0419. The fourth-order valence-corrected chi connectivity index (χ4v) is 6.22. The van der Waals surface area contributed by atoms with Crippen LogP contribution in [0, 0.1) is 0 Å². The molecule has 2 atom stereocenters. The van der Waals surface area contributed by atoms with Crippen LogP contribution in [0.5, 0.6) is 11.5 Å². The lowest BCUT2D eigenvalue weighted by Gasteiger charge is -2.47. The van der Waals surface area contributed by atoms with Gasteiger partial charge in [0.05, 0.1) is 31.4 Å². The normalized spacial score (nSPS) is 19.9. The first-order chi connectivity index (χ1) is 19.5. The molecule has 1 saturated heterocycles. The molecule has 40 heavy (non-hydrogen) atoms. The molecule has 3 amide bonds. The summed E-state index contributed by atoms with van der Waals surface area (Å²) in [6, 6.07) is 14.3. The van der Waals surface area contributed by atoms with E-state index in [4.69, 9.17) is 13.9 Å². The van der Waals surface area contributed by atoms with Crippen LogP contribution in [0.4, 0.5) is 0 Å². The van der Waals surface area contributed by atoms with E-state index in [-0.39, 0.29) is 17.7 Å². The third-order valence-corrected chi connectivity index (χ3v) is 8.06. The molecular weight excluding hydrogens is 510 g/mol. The van der Waals surface area contributed by atoms with Crippen molar-refractivity contribution in [1.82, 2.24) is 14.7 Å². The Morgan fingerprint density at radius 3 is 2.27 bits per heavy atom. The van der Waals surface area contributed by atoms with Crippen molar-refractivity contribution in [2.75, 3.05) is 45.9 Å². The molecule has 0 radical (unpaired) electrons. The fraction of sp³-hybridized carbons (Fsp3) is 0.387. The van der Waals surface area contributed by atoms with Gasteiger partial charge in [-0.05, 0) is 67.3 Å². The number of fused-ring (bicyclic) bond motifs is 4.